The van der Waals surface area contributed by atoms with E-state index in [9.17, 15) is 9.59 Å². The van der Waals surface area contributed by atoms with Gasteiger partial charge in [0.05, 0.1) is 0 Å². The first-order valence-electron chi connectivity index (χ1n) is 7.11. The number of likely N-dealkylation sites (N-methyl/N-ethyl adjacent to an activating group) is 1. The van der Waals surface area contributed by atoms with Crippen LogP contribution in [-0.2, 0) is 4.79 Å². The monoisotopic (exact) mass is 330 g/mol. The van der Waals surface area contributed by atoms with Gasteiger partial charge < -0.3 is 4.74 Å². The van der Waals surface area contributed by atoms with Gasteiger partial charge in [-0.15, -0.1) is 0 Å². The van der Waals surface area contributed by atoms with Crippen molar-refractivity contribution in [1.82, 2.24) is 4.90 Å². The molecule has 1 aliphatic rings. The maximum absolute atomic E-state index is 12.1. The van der Waals surface area contributed by atoms with Gasteiger partial charge in [-0.05, 0) is 55.5 Å². The second-order valence-corrected chi connectivity index (χ2v) is 5.71. The number of amides is 3. The van der Waals surface area contributed by atoms with Crippen LogP contribution in [0.3, 0.4) is 0 Å². The number of ether oxygens (including phenoxy) is 1. The first-order chi connectivity index (χ1) is 11.0. The third-order valence-corrected chi connectivity index (χ3v) is 3.98. The van der Waals surface area contributed by atoms with Crippen LogP contribution in [0.4, 0.5) is 10.5 Å². The molecule has 2 aromatic carbocycles. The minimum absolute atomic E-state index is 0.212. The second-order valence-electron chi connectivity index (χ2n) is 5.28. The standard InChI is InChI=1S/C17H15ClN2O3/c1-11-16(21)19(2)17(22)20(11)13-5-9-15(10-6-13)23-14-7-3-12(18)4-8-14/h3-11H,1-2H3/t11-/m1/s1. The molecular formula is C17H15ClN2O3. The summed E-state index contributed by atoms with van der Waals surface area (Å²) in [4.78, 5) is 26.6. The third-order valence-electron chi connectivity index (χ3n) is 3.73. The average molecular weight is 331 g/mol. The Morgan fingerprint density at radius 3 is 1.96 bits per heavy atom. The van der Waals surface area contributed by atoms with Crippen molar-refractivity contribution in [2.24, 2.45) is 0 Å². The molecule has 118 valence electrons. The van der Waals surface area contributed by atoms with Gasteiger partial charge in [0.15, 0.2) is 0 Å². The van der Waals surface area contributed by atoms with Crippen LogP contribution in [0.5, 0.6) is 11.5 Å². The molecule has 5 nitrogen and oxygen atoms in total. The Morgan fingerprint density at radius 1 is 0.957 bits per heavy atom. The fourth-order valence-electron chi connectivity index (χ4n) is 2.46. The summed E-state index contributed by atoms with van der Waals surface area (Å²) in [6.07, 6.45) is 0. The molecule has 23 heavy (non-hydrogen) atoms. The smallest absolute Gasteiger partial charge is 0.331 e. The van der Waals surface area contributed by atoms with E-state index in [1.807, 2.05) is 0 Å². The summed E-state index contributed by atoms with van der Waals surface area (Å²) >= 11 is 5.83. The van der Waals surface area contributed by atoms with Gasteiger partial charge in [-0.25, -0.2) is 4.79 Å². The number of imide groups is 1. The molecule has 0 spiro atoms. The summed E-state index contributed by atoms with van der Waals surface area (Å²) in [5, 5.41) is 0.642. The van der Waals surface area contributed by atoms with Crippen LogP contribution in [0.15, 0.2) is 48.5 Å². The Kier molecular flexibility index (Phi) is 3.96. The summed E-state index contributed by atoms with van der Waals surface area (Å²) in [5.41, 5.74) is 0.656. The van der Waals surface area contributed by atoms with Crippen LogP contribution >= 0.6 is 11.6 Å². The molecule has 0 N–H and O–H groups in total. The average Bonchev–Trinajstić information content (AvgIpc) is 2.74. The van der Waals surface area contributed by atoms with Gasteiger partial charge in [-0.3, -0.25) is 14.6 Å². The highest BCUT2D eigenvalue weighted by Gasteiger charge is 2.40. The van der Waals surface area contributed by atoms with E-state index in [-0.39, 0.29) is 11.9 Å². The second kappa shape index (κ2) is 5.93. The largest absolute Gasteiger partial charge is 0.457 e. The number of urea groups is 1. The molecular weight excluding hydrogens is 316 g/mol. The van der Waals surface area contributed by atoms with E-state index >= 15 is 0 Å². The molecule has 0 aromatic heterocycles. The van der Waals surface area contributed by atoms with E-state index in [1.165, 1.54) is 11.9 Å². The Bertz CT molecular complexity index is 743. The fourth-order valence-corrected chi connectivity index (χ4v) is 2.59. The van der Waals surface area contributed by atoms with Crippen LogP contribution in [0, 0.1) is 0 Å². The summed E-state index contributed by atoms with van der Waals surface area (Å²) in [6.45, 7) is 1.71. The van der Waals surface area contributed by atoms with Crippen molar-refractivity contribution < 1.29 is 14.3 Å². The van der Waals surface area contributed by atoms with Gasteiger partial charge >= 0.3 is 6.03 Å². The van der Waals surface area contributed by atoms with Crippen LogP contribution in [0.25, 0.3) is 0 Å². The van der Waals surface area contributed by atoms with Crippen molar-refractivity contribution in [3.8, 4) is 11.5 Å². The molecule has 0 saturated carbocycles. The molecule has 6 heteroatoms. The highest BCUT2D eigenvalue weighted by Crippen LogP contribution is 2.29. The number of benzene rings is 2. The molecule has 1 saturated heterocycles. The van der Waals surface area contributed by atoms with Crippen molar-refractivity contribution >= 4 is 29.2 Å². The lowest BCUT2D eigenvalue weighted by atomic mass is 10.2. The van der Waals surface area contributed by atoms with Gasteiger partial charge in [-0.1, -0.05) is 11.6 Å². The van der Waals surface area contributed by atoms with Crippen molar-refractivity contribution in [2.45, 2.75) is 13.0 Å². The zero-order valence-corrected chi connectivity index (χ0v) is 13.4. The minimum atomic E-state index is -0.504. The predicted molar refractivity (Wildman–Crippen MR) is 88.1 cm³/mol. The van der Waals surface area contributed by atoms with Crippen LogP contribution in [0.2, 0.25) is 5.02 Å². The lowest BCUT2D eigenvalue weighted by Gasteiger charge is -2.19. The highest BCUT2D eigenvalue weighted by molar-refractivity contribution is 6.30. The maximum Gasteiger partial charge on any atom is 0.331 e. The number of carbonyl (C=O) groups is 2. The number of halogens is 1. The maximum atomic E-state index is 12.1. The molecule has 1 heterocycles. The summed E-state index contributed by atoms with van der Waals surface area (Å²) in [5.74, 6) is 1.09. The summed E-state index contributed by atoms with van der Waals surface area (Å²) < 4.78 is 5.71. The topological polar surface area (TPSA) is 49.9 Å². The number of anilines is 1. The number of carbonyl (C=O) groups excluding carboxylic acids is 2. The number of hydrogen-bond acceptors (Lipinski definition) is 3. The number of rotatable bonds is 3. The summed E-state index contributed by atoms with van der Waals surface area (Å²) in [7, 11) is 1.49. The fraction of sp³-hybridized carbons (Fsp3) is 0.176. The first-order valence-corrected chi connectivity index (χ1v) is 7.49. The van der Waals surface area contributed by atoms with Gasteiger partial charge in [0.2, 0.25) is 0 Å². The SMILES string of the molecule is C[C@@H]1C(=O)N(C)C(=O)N1c1ccc(Oc2ccc(Cl)cc2)cc1. The van der Waals surface area contributed by atoms with E-state index < -0.39 is 6.04 Å². The van der Waals surface area contributed by atoms with Gasteiger partial charge in [0.1, 0.15) is 17.5 Å². The number of nitrogens with zero attached hydrogens (tertiary/aromatic N) is 2. The van der Waals surface area contributed by atoms with Gasteiger partial charge in [-0.2, -0.15) is 0 Å². The molecule has 0 bridgehead atoms. The summed E-state index contributed by atoms with van der Waals surface area (Å²) in [6, 6.07) is 13.2. The molecule has 3 rings (SSSR count). The third kappa shape index (κ3) is 2.87. The van der Waals surface area contributed by atoms with Crippen molar-refractivity contribution in [2.75, 3.05) is 11.9 Å². The van der Waals surface area contributed by atoms with E-state index in [0.717, 1.165) is 4.90 Å². The quantitative estimate of drug-likeness (QED) is 0.801. The molecule has 1 atom stereocenters. The lowest BCUT2D eigenvalue weighted by Crippen LogP contribution is -2.32. The highest BCUT2D eigenvalue weighted by atomic mass is 35.5. The Hall–Kier alpha value is -2.53. The molecule has 1 fully saturated rings. The minimum Gasteiger partial charge on any atom is -0.457 e. The van der Waals surface area contributed by atoms with Crippen LogP contribution < -0.4 is 9.64 Å². The van der Waals surface area contributed by atoms with Gasteiger partial charge in [0, 0.05) is 17.8 Å². The van der Waals surface area contributed by atoms with Crippen molar-refractivity contribution in [3.63, 3.8) is 0 Å². The Labute approximate surface area is 139 Å². The molecule has 0 radical (unpaired) electrons. The Balaban J connectivity index is 1.78. The van der Waals surface area contributed by atoms with E-state index in [4.69, 9.17) is 16.3 Å². The van der Waals surface area contributed by atoms with Crippen LogP contribution in [-0.4, -0.2) is 29.9 Å². The van der Waals surface area contributed by atoms with E-state index in [2.05, 4.69) is 0 Å². The van der Waals surface area contributed by atoms with Crippen molar-refractivity contribution in [3.05, 3.63) is 53.6 Å². The molecule has 1 aliphatic heterocycles. The molecule has 2 aromatic rings. The lowest BCUT2D eigenvalue weighted by molar-refractivity contribution is -0.125. The predicted octanol–water partition coefficient (Wildman–Crippen LogP) is 3.92. The van der Waals surface area contributed by atoms with E-state index in [1.54, 1.807) is 55.5 Å². The molecule has 0 unspecified atom stereocenters. The first kappa shape index (κ1) is 15.4. The van der Waals surface area contributed by atoms with E-state index in [0.29, 0.717) is 22.2 Å². The van der Waals surface area contributed by atoms with Crippen molar-refractivity contribution in [1.29, 1.82) is 0 Å². The zero-order valence-electron chi connectivity index (χ0n) is 12.7. The zero-order chi connectivity index (χ0) is 16.6. The molecule has 0 aliphatic carbocycles. The van der Waals surface area contributed by atoms with Crippen LogP contribution in [0.1, 0.15) is 6.92 Å². The number of hydrogen-bond donors (Lipinski definition) is 0. The Morgan fingerprint density at radius 2 is 1.48 bits per heavy atom. The normalized spacial score (nSPS) is 17.8. The molecule has 3 amide bonds. The van der Waals surface area contributed by atoms with Gasteiger partial charge in [0.25, 0.3) is 5.91 Å².